The van der Waals surface area contributed by atoms with Crippen LogP contribution < -0.4 is 10.6 Å². The van der Waals surface area contributed by atoms with Gasteiger partial charge in [0.05, 0.1) is 0 Å². The van der Waals surface area contributed by atoms with Crippen molar-refractivity contribution in [2.75, 3.05) is 6.54 Å². The smallest absolute Gasteiger partial charge is 0.309 e. The molecule has 0 bridgehead atoms. The second kappa shape index (κ2) is 7.56. The summed E-state index contributed by atoms with van der Waals surface area (Å²) in [4.78, 5) is 23.0. The Balaban J connectivity index is 2.38. The summed E-state index contributed by atoms with van der Waals surface area (Å²) < 4.78 is 0. The standard InChI is InChI=1S/C15H22N2O2/c1-4-12-5-7-13(8-6-12)10-17-15(19)14(18)16-9-11(2)3/h5-8,11H,4,9-10H2,1-3H3,(H,16,18)(H,17,19). The van der Waals surface area contributed by atoms with Crippen LogP contribution >= 0.6 is 0 Å². The third-order valence-electron chi connectivity index (χ3n) is 2.76. The molecule has 0 fully saturated rings. The zero-order valence-corrected chi connectivity index (χ0v) is 11.8. The first kappa shape index (κ1) is 15.2. The van der Waals surface area contributed by atoms with Crippen molar-refractivity contribution in [2.24, 2.45) is 5.92 Å². The third-order valence-corrected chi connectivity index (χ3v) is 2.76. The molecule has 0 aliphatic heterocycles. The van der Waals surface area contributed by atoms with E-state index in [2.05, 4.69) is 17.6 Å². The van der Waals surface area contributed by atoms with Crippen LogP contribution in [0.5, 0.6) is 0 Å². The van der Waals surface area contributed by atoms with Gasteiger partial charge >= 0.3 is 11.8 Å². The fourth-order valence-corrected chi connectivity index (χ4v) is 1.53. The van der Waals surface area contributed by atoms with Crippen molar-refractivity contribution in [3.8, 4) is 0 Å². The molecule has 0 aliphatic carbocycles. The van der Waals surface area contributed by atoms with Crippen molar-refractivity contribution in [1.82, 2.24) is 10.6 Å². The van der Waals surface area contributed by atoms with Crippen molar-refractivity contribution >= 4 is 11.8 Å². The van der Waals surface area contributed by atoms with Crippen LogP contribution in [0.15, 0.2) is 24.3 Å². The quantitative estimate of drug-likeness (QED) is 0.793. The van der Waals surface area contributed by atoms with Crippen LogP contribution in [0.2, 0.25) is 0 Å². The van der Waals surface area contributed by atoms with Crippen LogP contribution in [-0.2, 0) is 22.6 Å². The molecule has 2 N–H and O–H groups in total. The van der Waals surface area contributed by atoms with Crippen LogP contribution in [-0.4, -0.2) is 18.4 Å². The summed E-state index contributed by atoms with van der Waals surface area (Å²) in [5.41, 5.74) is 2.24. The molecule has 1 aromatic rings. The summed E-state index contributed by atoms with van der Waals surface area (Å²) >= 11 is 0. The summed E-state index contributed by atoms with van der Waals surface area (Å²) in [5, 5.41) is 5.19. The fraction of sp³-hybridized carbons (Fsp3) is 0.467. The summed E-state index contributed by atoms with van der Waals surface area (Å²) in [6, 6.07) is 7.98. The van der Waals surface area contributed by atoms with Gasteiger partial charge in [-0.05, 0) is 23.5 Å². The van der Waals surface area contributed by atoms with E-state index in [1.165, 1.54) is 5.56 Å². The number of amides is 2. The van der Waals surface area contributed by atoms with Crippen LogP contribution in [0.1, 0.15) is 31.9 Å². The molecule has 2 amide bonds. The number of hydrogen-bond donors (Lipinski definition) is 2. The van der Waals surface area contributed by atoms with E-state index < -0.39 is 11.8 Å². The second-order valence-electron chi connectivity index (χ2n) is 4.96. The van der Waals surface area contributed by atoms with Gasteiger partial charge < -0.3 is 10.6 Å². The first-order valence-corrected chi connectivity index (χ1v) is 6.66. The van der Waals surface area contributed by atoms with E-state index >= 15 is 0 Å². The lowest BCUT2D eigenvalue weighted by atomic mass is 10.1. The monoisotopic (exact) mass is 262 g/mol. The minimum Gasteiger partial charge on any atom is -0.348 e. The van der Waals surface area contributed by atoms with Crippen LogP contribution in [0.25, 0.3) is 0 Å². The van der Waals surface area contributed by atoms with Crippen LogP contribution in [0.4, 0.5) is 0 Å². The number of carbonyl (C=O) groups is 2. The van der Waals surface area contributed by atoms with Gasteiger partial charge in [0.15, 0.2) is 0 Å². The van der Waals surface area contributed by atoms with Crippen LogP contribution in [0.3, 0.4) is 0 Å². The molecule has 1 rings (SSSR count). The minimum absolute atomic E-state index is 0.332. The van der Waals surface area contributed by atoms with E-state index in [4.69, 9.17) is 0 Å². The lowest BCUT2D eigenvalue weighted by Crippen LogP contribution is -2.40. The van der Waals surface area contributed by atoms with Gasteiger partial charge in [0, 0.05) is 13.1 Å². The van der Waals surface area contributed by atoms with Gasteiger partial charge in [0.1, 0.15) is 0 Å². The van der Waals surface area contributed by atoms with E-state index in [-0.39, 0.29) is 0 Å². The van der Waals surface area contributed by atoms with Crippen molar-refractivity contribution < 1.29 is 9.59 Å². The van der Waals surface area contributed by atoms with Gasteiger partial charge in [-0.1, -0.05) is 45.0 Å². The zero-order valence-electron chi connectivity index (χ0n) is 11.8. The molecule has 0 spiro atoms. The maximum atomic E-state index is 11.5. The van der Waals surface area contributed by atoms with E-state index in [1.807, 2.05) is 38.1 Å². The number of carbonyl (C=O) groups excluding carboxylic acids is 2. The number of benzene rings is 1. The molecule has 0 saturated heterocycles. The lowest BCUT2D eigenvalue weighted by molar-refractivity contribution is -0.139. The molecule has 4 heteroatoms. The van der Waals surface area contributed by atoms with Crippen molar-refractivity contribution in [3.05, 3.63) is 35.4 Å². The molecule has 0 aliphatic rings. The van der Waals surface area contributed by atoms with Crippen molar-refractivity contribution in [1.29, 1.82) is 0 Å². The van der Waals surface area contributed by atoms with E-state index in [0.29, 0.717) is 19.0 Å². The maximum absolute atomic E-state index is 11.5. The number of rotatable bonds is 5. The van der Waals surface area contributed by atoms with Crippen LogP contribution in [0, 0.1) is 5.92 Å². The van der Waals surface area contributed by atoms with Crippen molar-refractivity contribution in [3.63, 3.8) is 0 Å². The highest BCUT2D eigenvalue weighted by Crippen LogP contribution is 2.04. The molecule has 0 saturated carbocycles. The Labute approximate surface area is 114 Å². The molecular formula is C15H22N2O2. The molecule has 1 aromatic carbocycles. The van der Waals surface area contributed by atoms with E-state index in [1.54, 1.807) is 0 Å². The summed E-state index contributed by atoms with van der Waals surface area (Å²) in [5.74, 6) is -0.822. The Hall–Kier alpha value is -1.84. The Morgan fingerprint density at radius 3 is 2.05 bits per heavy atom. The first-order valence-electron chi connectivity index (χ1n) is 6.66. The minimum atomic E-state index is -0.583. The topological polar surface area (TPSA) is 58.2 Å². The molecule has 4 nitrogen and oxygen atoms in total. The lowest BCUT2D eigenvalue weighted by Gasteiger charge is -2.08. The Morgan fingerprint density at radius 2 is 1.53 bits per heavy atom. The summed E-state index contributed by atoms with van der Waals surface area (Å²) in [6.45, 7) is 6.94. The largest absolute Gasteiger partial charge is 0.348 e. The average Bonchev–Trinajstić information content (AvgIpc) is 2.42. The molecule has 0 atom stereocenters. The maximum Gasteiger partial charge on any atom is 0.309 e. The first-order chi connectivity index (χ1) is 9.02. The number of hydrogen-bond acceptors (Lipinski definition) is 2. The highest BCUT2D eigenvalue weighted by atomic mass is 16.2. The molecule has 0 heterocycles. The fourth-order valence-electron chi connectivity index (χ4n) is 1.53. The molecular weight excluding hydrogens is 240 g/mol. The molecule has 0 unspecified atom stereocenters. The highest BCUT2D eigenvalue weighted by Gasteiger charge is 2.12. The molecule has 104 valence electrons. The van der Waals surface area contributed by atoms with Gasteiger partial charge in [-0.2, -0.15) is 0 Å². The Kier molecular flexibility index (Phi) is 6.06. The highest BCUT2D eigenvalue weighted by molar-refractivity contribution is 6.35. The van der Waals surface area contributed by atoms with Crippen molar-refractivity contribution in [2.45, 2.75) is 33.7 Å². The summed E-state index contributed by atoms with van der Waals surface area (Å²) in [7, 11) is 0. The number of aryl methyl sites for hydroxylation is 1. The molecule has 0 aromatic heterocycles. The number of nitrogens with one attached hydrogen (secondary N) is 2. The normalized spacial score (nSPS) is 10.3. The Morgan fingerprint density at radius 1 is 1.00 bits per heavy atom. The second-order valence-corrected chi connectivity index (χ2v) is 4.96. The van der Waals surface area contributed by atoms with Gasteiger partial charge in [-0.25, -0.2) is 0 Å². The Bertz CT molecular complexity index is 424. The SMILES string of the molecule is CCc1ccc(CNC(=O)C(=O)NCC(C)C)cc1. The van der Waals surface area contributed by atoms with Gasteiger partial charge in [-0.3, -0.25) is 9.59 Å². The third kappa shape index (κ3) is 5.55. The predicted octanol–water partition coefficient (Wildman–Crippen LogP) is 1.64. The molecule has 19 heavy (non-hydrogen) atoms. The van der Waals surface area contributed by atoms with Gasteiger partial charge in [-0.15, -0.1) is 0 Å². The van der Waals surface area contributed by atoms with Gasteiger partial charge in [0.2, 0.25) is 0 Å². The van der Waals surface area contributed by atoms with E-state index in [0.717, 1.165) is 12.0 Å². The van der Waals surface area contributed by atoms with Gasteiger partial charge in [0.25, 0.3) is 0 Å². The van der Waals surface area contributed by atoms with E-state index in [9.17, 15) is 9.59 Å². The molecule has 0 radical (unpaired) electrons. The summed E-state index contributed by atoms with van der Waals surface area (Å²) in [6.07, 6.45) is 0.990. The zero-order chi connectivity index (χ0) is 14.3. The average molecular weight is 262 g/mol. The predicted molar refractivity (Wildman–Crippen MR) is 75.5 cm³/mol.